The molecular weight excluding hydrogens is 359 g/mol. The number of amides is 2. The van der Waals surface area contributed by atoms with Gasteiger partial charge in [-0.25, -0.2) is 13.2 Å². The summed E-state index contributed by atoms with van der Waals surface area (Å²) in [6.45, 7) is 1.71. The lowest BCUT2D eigenvalue weighted by molar-refractivity contribution is -0.119. The van der Waals surface area contributed by atoms with Gasteiger partial charge >= 0.3 is 0 Å². The van der Waals surface area contributed by atoms with Crippen LogP contribution in [0.2, 0.25) is 0 Å². The molecule has 2 rings (SSSR count). The summed E-state index contributed by atoms with van der Waals surface area (Å²) in [7, 11) is 1.53. The van der Waals surface area contributed by atoms with Crippen LogP contribution in [0.1, 0.15) is 12.5 Å². The molecule has 2 N–H and O–H groups in total. The normalized spacial score (nSPS) is 10.7. The van der Waals surface area contributed by atoms with E-state index in [0.29, 0.717) is 5.69 Å². The first-order valence-electron chi connectivity index (χ1n) is 8.30. The quantitative estimate of drug-likeness (QED) is 0.727. The van der Waals surface area contributed by atoms with E-state index in [1.807, 2.05) is 19.1 Å². The molecule has 2 aromatic carbocycles. The van der Waals surface area contributed by atoms with Gasteiger partial charge in [-0.1, -0.05) is 19.1 Å². The molecule has 0 spiro atoms. The number of benzene rings is 2. The molecule has 0 aliphatic carbocycles. The number of carbonyl (C=O) groups is 2. The molecule has 0 fully saturated rings. The van der Waals surface area contributed by atoms with E-state index in [1.54, 1.807) is 12.1 Å². The van der Waals surface area contributed by atoms with Gasteiger partial charge in [-0.2, -0.15) is 0 Å². The number of nitrogens with zero attached hydrogens (tertiary/aromatic N) is 1. The summed E-state index contributed by atoms with van der Waals surface area (Å²) in [4.78, 5) is 25.3. The van der Waals surface area contributed by atoms with E-state index in [-0.39, 0.29) is 19.0 Å². The minimum Gasteiger partial charge on any atom is -0.325 e. The van der Waals surface area contributed by atoms with Gasteiger partial charge in [-0.15, -0.1) is 0 Å². The SMILES string of the molecule is CCc1ccc(NC(=O)CN(C)CC(=O)Nc2ccc(F)c(F)c2F)cc1. The van der Waals surface area contributed by atoms with Crippen LogP contribution in [0.4, 0.5) is 24.5 Å². The van der Waals surface area contributed by atoms with E-state index >= 15 is 0 Å². The van der Waals surface area contributed by atoms with Crippen LogP contribution in [0.15, 0.2) is 36.4 Å². The van der Waals surface area contributed by atoms with Crippen LogP contribution in [0, 0.1) is 17.5 Å². The number of carbonyl (C=O) groups excluding carboxylic acids is 2. The molecule has 0 unspecified atom stereocenters. The Morgan fingerprint density at radius 2 is 1.48 bits per heavy atom. The molecule has 27 heavy (non-hydrogen) atoms. The smallest absolute Gasteiger partial charge is 0.238 e. The summed E-state index contributed by atoms with van der Waals surface area (Å²) in [5, 5.41) is 4.86. The van der Waals surface area contributed by atoms with Gasteiger partial charge in [0.1, 0.15) is 0 Å². The number of likely N-dealkylation sites (N-methyl/N-ethyl adjacent to an activating group) is 1. The van der Waals surface area contributed by atoms with Crippen molar-refractivity contribution in [3.63, 3.8) is 0 Å². The van der Waals surface area contributed by atoms with E-state index in [4.69, 9.17) is 0 Å². The van der Waals surface area contributed by atoms with Crippen molar-refractivity contribution in [3.8, 4) is 0 Å². The first-order valence-corrected chi connectivity index (χ1v) is 8.30. The van der Waals surface area contributed by atoms with E-state index in [1.165, 1.54) is 11.9 Å². The van der Waals surface area contributed by atoms with Crippen LogP contribution in [-0.4, -0.2) is 36.9 Å². The fourth-order valence-electron chi connectivity index (χ4n) is 2.38. The predicted octanol–water partition coefficient (Wildman–Crippen LogP) is 3.18. The number of rotatable bonds is 7. The molecule has 0 aliphatic heterocycles. The highest BCUT2D eigenvalue weighted by Crippen LogP contribution is 2.19. The zero-order valence-electron chi connectivity index (χ0n) is 15.0. The average Bonchev–Trinajstić information content (AvgIpc) is 2.62. The van der Waals surface area contributed by atoms with Crippen molar-refractivity contribution in [2.75, 3.05) is 30.8 Å². The summed E-state index contributed by atoms with van der Waals surface area (Å²) in [5.74, 6) is -5.46. The molecule has 0 bridgehead atoms. The fraction of sp³-hybridized carbons (Fsp3) is 0.263. The summed E-state index contributed by atoms with van der Waals surface area (Å²) in [6, 6.07) is 9.03. The Bertz CT molecular complexity index is 826. The highest BCUT2D eigenvalue weighted by molar-refractivity contribution is 5.94. The highest BCUT2D eigenvalue weighted by Gasteiger charge is 2.16. The van der Waals surface area contributed by atoms with Crippen LogP contribution in [0.5, 0.6) is 0 Å². The standard InChI is InChI=1S/C19H20F3N3O2/c1-3-12-4-6-13(7-5-12)23-16(26)10-25(2)11-17(27)24-15-9-8-14(20)18(21)19(15)22/h4-9H,3,10-11H2,1-2H3,(H,23,26)(H,24,27). The summed E-state index contributed by atoms with van der Waals surface area (Å²) in [6.07, 6.45) is 0.893. The van der Waals surface area contributed by atoms with Crippen molar-refractivity contribution < 1.29 is 22.8 Å². The van der Waals surface area contributed by atoms with Gasteiger partial charge < -0.3 is 10.6 Å². The minimum atomic E-state index is -1.66. The Kier molecular flexibility index (Phi) is 6.95. The molecule has 0 aromatic heterocycles. The van der Waals surface area contributed by atoms with Gasteiger partial charge in [0, 0.05) is 5.69 Å². The monoisotopic (exact) mass is 379 g/mol. The molecule has 5 nitrogen and oxygen atoms in total. The van der Waals surface area contributed by atoms with Crippen molar-refractivity contribution in [3.05, 3.63) is 59.4 Å². The van der Waals surface area contributed by atoms with Gasteiger partial charge in [0.05, 0.1) is 18.8 Å². The van der Waals surface area contributed by atoms with Crippen molar-refractivity contribution in [1.82, 2.24) is 4.90 Å². The van der Waals surface area contributed by atoms with E-state index in [0.717, 1.165) is 24.1 Å². The number of nitrogens with one attached hydrogen (secondary N) is 2. The Morgan fingerprint density at radius 3 is 2.07 bits per heavy atom. The number of hydrogen-bond donors (Lipinski definition) is 2. The zero-order chi connectivity index (χ0) is 20.0. The Morgan fingerprint density at radius 1 is 0.889 bits per heavy atom. The fourth-order valence-corrected chi connectivity index (χ4v) is 2.38. The van der Waals surface area contributed by atoms with Crippen LogP contribution in [0.3, 0.4) is 0 Å². The summed E-state index contributed by atoms with van der Waals surface area (Å²) < 4.78 is 39.6. The average molecular weight is 379 g/mol. The highest BCUT2D eigenvalue weighted by atomic mass is 19.2. The predicted molar refractivity (Wildman–Crippen MR) is 96.9 cm³/mol. The van der Waals surface area contributed by atoms with Crippen LogP contribution in [-0.2, 0) is 16.0 Å². The second-order valence-corrected chi connectivity index (χ2v) is 6.04. The molecular formula is C19H20F3N3O2. The minimum absolute atomic E-state index is 0.0801. The lowest BCUT2D eigenvalue weighted by atomic mass is 10.1. The molecule has 2 amide bonds. The topological polar surface area (TPSA) is 61.4 Å². The van der Waals surface area contributed by atoms with E-state index in [9.17, 15) is 22.8 Å². The second-order valence-electron chi connectivity index (χ2n) is 6.04. The van der Waals surface area contributed by atoms with Crippen molar-refractivity contribution >= 4 is 23.2 Å². The second kappa shape index (κ2) is 9.18. The molecule has 0 saturated carbocycles. The first kappa shape index (κ1) is 20.4. The summed E-state index contributed by atoms with van der Waals surface area (Å²) >= 11 is 0. The van der Waals surface area contributed by atoms with Crippen LogP contribution in [0.25, 0.3) is 0 Å². The third kappa shape index (κ3) is 5.82. The Balaban J connectivity index is 1.85. The molecule has 0 atom stereocenters. The van der Waals surface area contributed by atoms with Gasteiger partial charge in [0.25, 0.3) is 0 Å². The van der Waals surface area contributed by atoms with Crippen LogP contribution < -0.4 is 10.6 Å². The summed E-state index contributed by atoms with van der Waals surface area (Å²) in [5.41, 5.74) is 1.32. The number of hydrogen-bond acceptors (Lipinski definition) is 3. The largest absolute Gasteiger partial charge is 0.325 e. The van der Waals surface area contributed by atoms with Crippen LogP contribution >= 0.6 is 0 Å². The zero-order valence-corrected chi connectivity index (χ0v) is 15.0. The van der Waals surface area contributed by atoms with Crippen molar-refractivity contribution in [2.24, 2.45) is 0 Å². The maximum absolute atomic E-state index is 13.6. The van der Waals surface area contributed by atoms with Crippen molar-refractivity contribution in [1.29, 1.82) is 0 Å². The van der Waals surface area contributed by atoms with Crippen molar-refractivity contribution in [2.45, 2.75) is 13.3 Å². The van der Waals surface area contributed by atoms with Gasteiger partial charge in [0.15, 0.2) is 17.5 Å². The third-order valence-electron chi connectivity index (χ3n) is 3.78. The Hall–Kier alpha value is -2.87. The third-order valence-corrected chi connectivity index (χ3v) is 3.78. The molecule has 2 aromatic rings. The number of anilines is 2. The molecule has 0 heterocycles. The first-order chi connectivity index (χ1) is 12.8. The molecule has 0 saturated heterocycles. The maximum atomic E-state index is 13.6. The lowest BCUT2D eigenvalue weighted by Gasteiger charge is -2.16. The van der Waals surface area contributed by atoms with Gasteiger partial charge in [-0.05, 0) is 43.3 Å². The van der Waals surface area contributed by atoms with E-state index < -0.39 is 29.0 Å². The molecule has 8 heteroatoms. The van der Waals surface area contributed by atoms with E-state index in [2.05, 4.69) is 10.6 Å². The number of halogens is 3. The molecule has 144 valence electrons. The van der Waals surface area contributed by atoms with Gasteiger partial charge in [0.2, 0.25) is 11.8 Å². The van der Waals surface area contributed by atoms with Gasteiger partial charge in [-0.3, -0.25) is 14.5 Å². The lowest BCUT2D eigenvalue weighted by Crippen LogP contribution is -2.36. The maximum Gasteiger partial charge on any atom is 0.238 e. The molecule has 0 aliphatic rings. The number of aryl methyl sites for hydroxylation is 1. The molecule has 0 radical (unpaired) electrons. The Labute approximate surface area is 155 Å².